The minimum atomic E-state index is 0.0311. The Kier molecular flexibility index (Phi) is 4.91. The van der Waals surface area contributed by atoms with Crippen molar-refractivity contribution in [2.75, 3.05) is 13.1 Å². The number of likely N-dealkylation sites (tertiary alicyclic amines) is 1. The number of pyridine rings is 1. The SMILES string of the molecule is Cc1cc(C(=O)N2CCC(Cc3nc4cccnc4n3CC(C)C)C2)nn1C. The first kappa shape index (κ1) is 18.7. The number of fused-ring (bicyclic) bond motifs is 1. The molecule has 3 aromatic rings. The van der Waals surface area contributed by atoms with Crippen LogP contribution in [0.25, 0.3) is 11.2 Å². The predicted molar refractivity (Wildman–Crippen MR) is 108 cm³/mol. The van der Waals surface area contributed by atoms with Crippen molar-refractivity contribution in [1.29, 1.82) is 0 Å². The van der Waals surface area contributed by atoms with Gasteiger partial charge in [0.1, 0.15) is 11.3 Å². The number of rotatable bonds is 5. The second kappa shape index (κ2) is 7.37. The van der Waals surface area contributed by atoms with E-state index in [2.05, 4.69) is 28.5 Å². The zero-order valence-corrected chi connectivity index (χ0v) is 17.1. The third-order valence-corrected chi connectivity index (χ3v) is 5.51. The molecule has 1 aliphatic rings. The number of aryl methyl sites for hydroxylation is 2. The van der Waals surface area contributed by atoms with Gasteiger partial charge in [-0.25, -0.2) is 9.97 Å². The van der Waals surface area contributed by atoms with Crippen LogP contribution in [0.15, 0.2) is 24.4 Å². The van der Waals surface area contributed by atoms with Gasteiger partial charge in [-0.05, 0) is 43.4 Å². The molecule has 1 atom stereocenters. The van der Waals surface area contributed by atoms with E-state index in [9.17, 15) is 4.79 Å². The fourth-order valence-electron chi connectivity index (χ4n) is 3.99. The quantitative estimate of drug-likeness (QED) is 0.682. The first-order valence-electron chi connectivity index (χ1n) is 10.0. The zero-order chi connectivity index (χ0) is 19.8. The molecule has 1 saturated heterocycles. The second-order valence-electron chi connectivity index (χ2n) is 8.28. The standard InChI is InChI=1S/C21H28N6O/c1-14(2)12-27-19(23-17-6-5-8-22-20(17)27)11-16-7-9-26(13-16)21(28)18-10-15(3)25(4)24-18/h5-6,8,10,14,16H,7,9,11-13H2,1-4H3. The molecule has 3 aromatic heterocycles. The third kappa shape index (κ3) is 3.53. The van der Waals surface area contributed by atoms with Crippen molar-refractivity contribution >= 4 is 17.1 Å². The number of aromatic nitrogens is 5. The molecular formula is C21H28N6O. The number of carbonyl (C=O) groups excluding carboxylic acids is 1. The topological polar surface area (TPSA) is 68.8 Å². The smallest absolute Gasteiger partial charge is 0.274 e. The average molecular weight is 380 g/mol. The van der Waals surface area contributed by atoms with Crippen LogP contribution in [0.4, 0.5) is 0 Å². The maximum Gasteiger partial charge on any atom is 0.274 e. The highest BCUT2D eigenvalue weighted by atomic mass is 16.2. The monoisotopic (exact) mass is 380 g/mol. The molecule has 0 bridgehead atoms. The van der Waals surface area contributed by atoms with Crippen molar-refractivity contribution in [2.24, 2.45) is 18.9 Å². The van der Waals surface area contributed by atoms with Crippen LogP contribution in [0.1, 0.15) is 42.3 Å². The highest BCUT2D eigenvalue weighted by molar-refractivity contribution is 5.92. The van der Waals surface area contributed by atoms with Crippen LogP contribution >= 0.6 is 0 Å². The van der Waals surface area contributed by atoms with E-state index < -0.39 is 0 Å². The van der Waals surface area contributed by atoms with Crippen molar-refractivity contribution < 1.29 is 4.79 Å². The highest BCUT2D eigenvalue weighted by Crippen LogP contribution is 2.24. The number of imidazole rings is 1. The maximum atomic E-state index is 12.8. The second-order valence-corrected chi connectivity index (χ2v) is 8.28. The summed E-state index contributed by atoms with van der Waals surface area (Å²) in [5, 5.41) is 4.34. The van der Waals surface area contributed by atoms with Crippen LogP contribution in [0.2, 0.25) is 0 Å². The summed E-state index contributed by atoms with van der Waals surface area (Å²) in [4.78, 5) is 24.1. The van der Waals surface area contributed by atoms with Crippen LogP contribution in [-0.4, -0.2) is 48.2 Å². The van der Waals surface area contributed by atoms with Gasteiger partial charge in [0.25, 0.3) is 5.91 Å². The first-order chi connectivity index (χ1) is 13.4. The minimum Gasteiger partial charge on any atom is -0.337 e. The van der Waals surface area contributed by atoms with E-state index in [-0.39, 0.29) is 5.91 Å². The first-order valence-corrected chi connectivity index (χ1v) is 10.0. The summed E-state index contributed by atoms with van der Waals surface area (Å²) < 4.78 is 4.01. The third-order valence-electron chi connectivity index (χ3n) is 5.51. The summed E-state index contributed by atoms with van der Waals surface area (Å²) in [5.74, 6) is 2.04. The summed E-state index contributed by atoms with van der Waals surface area (Å²) in [5.41, 5.74) is 3.44. The molecule has 0 saturated carbocycles. The van der Waals surface area contributed by atoms with Crippen LogP contribution < -0.4 is 0 Å². The Morgan fingerprint density at radius 1 is 1.36 bits per heavy atom. The molecule has 148 valence electrons. The fourth-order valence-corrected chi connectivity index (χ4v) is 3.99. The Bertz CT molecular complexity index is 982. The Balaban J connectivity index is 1.50. The predicted octanol–water partition coefficient (Wildman–Crippen LogP) is 2.83. The number of carbonyl (C=O) groups is 1. The zero-order valence-electron chi connectivity index (χ0n) is 17.1. The molecular weight excluding hydrogens is 352 g/mol. The summed E-state index contributed by atoms with van der Waals surface area (Å²) in [6.45, 7) is 8.83. The largest absolute Gasteiger partial charge is 0.337 e. The van der Waals surface area contributed by atoms with Gasteiger partial charge in [0.15, 0.2) is 11.3 Å². The molecule has 4 rings (SSSR count). The number of amides is 1. The van der Waals surface area contributed by atoms with Crippen molar-refractivity contribution in [3.8, 4) is 0 Å². The molecule has 4 heterocycles. The molecule has 7 heteroatoms. The normalized spacial score (nSPS) is 17.2. The number of nitrogens with zero attached hydrogens (tertiary/aromatic N) is 6. The summed E-state index contributed by atoms with van der Waals surface area (Å²) in [6, 6.07) is 5.82. The van der Waals surface area contributed by atoms with E-state index in [0.717, 1.165) is 55.2 Å². The summed E-state index contributed by atoms with van der Waals surface area (Å²) in [6.07, 6.45) is 3.69. The lowest BCUT2D eigenvalue weighted by Gasteiger charge is -2.16. The summed E-state index contributed by atoms with van der Waals surface area (Å²) >= 11 is 0. The van der Waals surface area contributed by atoms with E-state index in [4.69, 9.17) is 4.98 Å². The molecule has 1 fully saturated rings. The molecule has 7 nitrogen and oxygen atoms in total. The molecule has 0 radical (unpaired) electrons. The molecule has 0 spiro atoms. The van der Waals surface area contributed by atoms with Gasteiger partial charge in [-0.1, -0.05) is 13.8 Å². The lowest BCUT2D eigenvalue weighted by Crippen LogP contribution is -2.29. The van der Waals surface area contributed by atoms with E-state index in [0.29, 0.717) is 17.5 Å². The Morgan fingerprint density at radius 2 is 2.18 bits per heavy atom. The van der Waals surface area contributed by atoms with Crippen LogP contribution in [0.3, 0.4) is 0 Å². The number of hydrogen-bond donors (Lipinski definition) is 0. The molecule has 1 amide bonds. The van der Waals surface area contributed by atoms with Crippen LogP contribution in [-0.2, 0) is 20.0 Å². The molecule has 0 N–H and O–H groups in total. The molecule has 0 aromatic carbocycles. The van der Waals surface area contributed by atoms with Crippen molar-refractivity contribution in [1.82, 2.24) is 29.2 Å². The Morgan fingerprint density at radius 3 is 2.89 bits per heavy atom. The lowest BCUT2D eigenvalue weighted by atomic mass is 10.0. The Hall–Kier alpha value is -2.70. The van der Waals surface area contributed by atoms with Gasteiger partial charge in [0, 0.05) is 45.0 Å². The fraction of sp³-hybridized carbons (Fsp3) is 0.524. The van der Waals surface area contributed by atoms with Crippen LogP contribution in [0, 0.1) is 18.8 Å². The number of hydrogen-bond acceptors (Lipinski definition) is 4. The van der Waals surface area contributed by atoms with Crippen molar-refractivity contribution in [3.05, 3.63) is 41.6 Å². The van der Waals surface area contributed by atoms with Gasteiger partial charge < -0.3 is 9.47 Å². The molecule has 1 unspecified atom stereocenters. The van der Waals surface area contributed by atoms with Gasteiger partial charge in [-0.15, -0.1) is 0 Å². The lowest BCUT2D eigenvalue weighted by molar-refractivity contribution is 0.0780. The molecule has 1 aliphatic heterocycles. The van der Waals surface area contributed by atoms with Crippen LogP contribution in [0.5, 0.6) is 0 Å². The summed E-state index contributed by atoms with van der Waals surface area (Å²) in [7, 11) is 1.87. The van der Waals surface area contributed by atoms with Gasteiger partial charge >= 0.3 is 0 Å². The van der Waals surface area contributed by atoms with Crippen molar-refractivity contribution in [3.63, 3.8) is 0 Å². The average Bonchev–Trinajstić information content (AvgIpc) is 3.34. The van der Waals surface area contributed by atoms with Gasteiger partial charge in [-0.2, -0.15) is 5.10 Å². The van der Waals surface area contributed by atoms with Gasteiger partial charge in [0.05, 0.1) is 0 Å². The minimum absolute atomic E-state index is 0.0311. The van der Waals surface area contributed by atoms with Gasteiger partial charge in [-0.3, -0.25) is 9.48 Å². The van der Waals surface area contributed by atoms with E-state index in [1.54, 1.807) is 4.68 Å². The Labute approximate surface area is 165 Å². The van der Waals surface area contributed by atoms with E-state index >= 15 is 0 Å². The van der Waals surface area contributed by atoms with Crippen molar-refractivity contribution in [2.45, 2.75) is 40.2 Å². The highest BCUT2D eigenvalue weighted by Gasteiger charge is 2.30. The van der Waals surface area contributed by atoms with E-state index in [1.165, 1.54) is 0 Å². The molecule has 0 aliphatic carbocycles. The molecule has 28 heavy (non-hydrogen) atoms. The van der Waals surface area contributed by atoms with Gasteiger partial charge in [0.2, 0.25) is 0 Å². The van der Waals surface area contributed by atoms with E-state index in [1.807, 2.05) is 43.3 Å². The maximum absolute atomic E-state index is 12.8.